The van der Waals surface area contributed by atoms with Crippen molar-refractivity contribution >= 4 is 39.3 Å². The Labute approximate surface area is 270 Å². The molecule has 4 heterocycles. The third-order valence-corrected chi connectivity index (χ3v) is 7.77. The van der Waals surface area contributed by atoms with Crippen LogP contribution in [-0.2, 0) is 11.2 Å². The number of H-pyrrole nitrogens is 2. The molecule has 0 spiro atoms. The second kappa shape index (κ2) is 12.8. The summed E-state index contributed by atoms with van der Waals surface area (Å²) >= 11 is 0. The highest BCUT2D eigenvalue weighted by Gasteiger charge is 2.18. The normalized spacial score (nSPS) is 11.4. The number of carbonyl (C=O) groups is 1. The van der Waals surface area contributed by atoms with Crippen LogP contribution in [0.25, 0.3) is 56.0 Å². The second-order valence-electron chi connectivity index (χ2n) is 11.6. The van der Waals surface area contributed by atoms with Crippen LogP contribution in [0.1, 0.15) is 5.56 Å². The van der Waals surface area contributed by atoms with E-state index in [0.29, 0.717) is 46.2 Å². The van der Waals surface area contributed by atoms with E-state index < -0.39 is 0 Å². The van der Waals surface area contributed by atoms with Crippen LogP contribution < -0.4 is 10.6 Å². The average molecular weight is 626 g/mol. The van der Waals surface area contributed by atoms with Gasteiger partial charge < -0.3 is 20.5 Å². The lowest BCUT2D eigenvalue weighted by molar-refractivity contribution is -0.115. The zero-order valence-electron chi connectivity index (χ0n) is 25.9. The lowest BCUT2D eigenvalue weighted by Crippen LogP contribution is -2.20. The van der Waals surface area contributed by atoms with E-state index in [9.17, 15) is 9.18 Å². The third kappa shape index (κ3) is 6.56. The number of fused-ring (bicyclic) bond motifs is 2. The minimum Gasteiger partial charge on any atom is -0.384 e. The lowest BCUT2D eigenvalue weighted by Gasteiger charge is -2.13. The van der Waals surface area contributed by atoms with Crippen molar-refractivity contribution in [3.8, 4) is 33.9 Å². The number of likely N-dealkylation sites (N-methyl/N-ethyl adjacent to an activating group) is 1. The summed E-state index contributed by atoms with van der Waals surface area (Å²) in [7, 11) is 4.00. The van der Waals surface area contributed by atoms with Gasteiger partial charge in [-0.2, -0.15) is 5.10 Å². The number of rotatable bonds is 10. The topological polar surface area (TPSA) is 128 Å². The molecule has 0 saturated heterocycles. The molecule has 0 saturated carbocycles. The molecule has 0 radical (unpaired) electrons. The summed E-state index contributed by atoms with van der Waals surface area (Å²) in [5.74, 6) is 0.0751. The van der Waals surface area contributed by atoms with Gasteiger partial charge in [-0.25, -0.2) is 14.4 Å². The first-order valence-electron chi connectivity index (χ1n) is 15.2. The molecule has 11 heteroatoms. The summed E-state index contributed by atoms with van der Waals surface area (Å²) in [5.41, 5.74) is 8.54. The Morgan fingerprint density at radius 2 is 1.70 bits per heavy atom. The Bertz CT molecular complexity index is 2210. The van der Waals surface area contributed by atoms with Crippen molar-refractivity contribution in [1.29, 1.82) is 0 Å². The molecule has 4 N–H and O–H groups in total. The van der Waals surface area contributed by atoms with Gasteiger partial charge in [0.05, 0.1) is 40.5 Å². The van der Waals surface area contributed by atoms with Gasteiger partial charge in [0.15, 0.2) is 11.5 Å². The average Bonchev–Trinajstić information content (AvgIpc) is 3.69. The largest absolute Gasteiger partial charge is 0.384 e. The smallest absolute Gasteiger partial charge is 0.228 e. The first kappa shape index (κ1) is 29.8. The van der Waals surface area contributed by atoms with Gasteiger partial charge >= 0.3 is 0 Å². The van der Waals surface area contributed by atoms with Gasteiger partial charge in [0.1, 0.15) is 11.3 Å². The number of nitrogens with zero attached hydrogens (tertiary/aromatic N) is 5. The van der Waals surface area contributed by atoms with Crippen LogP contribution in [0.5, 0.6) is 0 Å². The lowest BCUT2D eigenvalue weighted by atomic mass is 10.0. The number of hydrogen-bond donors (Lipinski definition) is 4. The van der Waals surface area contributed by atoms with E-state index in [4.69, 9.17) is 9.97 Å². The maximum atomic E-state index is 14.7. The van der Waals surface area contributed by atoms with Crippen LogP contribution in [0, 0.1) is 5.82 Å². The van der Waals surface area contributed by atoms with Crippen LogP contribution in [0.4, 0.5) is 15.8 Å². The van der Waals surface area contributed by atoms with E-state index in [1.807, 2.05) is 86.9 Å². The fraction of sp³-hybridized carbons (Fsp3) is 0.139. The Hall–Kier alpha value is -5.94. The van der Waals surface area contributed by atoms with Crippen molar-refractivity contribution < 1.29 is 9.18 Å². The molecule has 0 aliphatic carbocycles. The molecule has 0 unspecified atom stereocenters. The van der Waals surface area contributed by atoms with Gasteiger partial charge in [0.2, 0.25) is 5.91 Å². The summed E-state index contributed by atoms with van der Waals surface area (Å²) in [5, 5.41) is 13.8. The predicted octanol–water partition coefficient (Wildman–Crippen LogP) is 6.52. The third-order valence-electron chi connectivity index (χ3n) is 7.77. The number of nitrogens with one attached hydrogen (secondary N) is 4. The number of pyridine rings is 2. The van der Waals surface area contributed by atoms with Crippen molar-refractivity contribution in [2.45, 2.75) is 6.42 Å². The van der Waals surface area contributed by atoms with Crippen molar-refractivity contribution in [1.82, 2.24) is 35.0 Å². The van der Waals surface area contributed by atoms with E-state index in [-0.39, 0.29) is 18.1 Å². The van der Waals surface area contributed by atoms with Gasteiger partial charge in [-0.1, -0.05) is 42.5 Å². The molecule has 7 rings (SSSR count). The SMILES string of the molecule is CN(C)CCNc1cc(F)cc(-c2cccc3[nH]c(-c4n[nH]c5ccc(-c6cncc(NC(=O)Cc7ccccc7)c6)nc45)nc23)c1. The molecule has 0 fully saturated rings. The highest BCUT2D eigenvalue weighted by molar-refractivity contribution is 5.97. The summed E-state index contributed by atoms with van der Waals surface area (Å²) in [4.78, 5) is 32.3. The molecule has 10 nitrogen and oxygen atoms in total. The predicted molar refractivity (Wildman–Crippen MR) is 183 cm³/mol. The van der Waals surface area contributed by atoms with E-state index in [1.54, 1.807) is 12.4 Å². The van der Waals surface area contributed by atoms with E-state index in [2.05, 4.69) is 35.7 Å². The first-order chi connectivity index (χ1) is 22.9. The zero-order valence-corrected chi connectivity index (χ0v) is 25.9. The monoisotopic (exact) mass is 625 g/mol. The number of imidazole rings is 1. The number of benzene rings is 3. The number of hydrogen-bond acceptors (Lipinski definition) is 7. The molecule has 0 atom stereocenters. The molecular formula is C36H32FN9O. The van der Waals surface area contributed by atoms with Crippen molar-refractivity contribution in [2.75, 3.05) is 37.8 Å². The Morgan fingerprint density at radius 1 is 0.851 bits per heavy atom. The number of anilines is 2. The number of carbonyl (C=O) groups excluding carboxylic acids is 1. The maximum Gasteiger partial charge on any atom is 0.228 e. The Morgan fingerprint density at radius 3 is 2.55 bits per heavy atom. The van der Waals surface area contributed by atoms with Crippen molar-refractivity contribution in [3.05, 3.63) is 109 Å². The second-order valence-corrected chi connectivity index (χ2v) is 11.6. The molecule has 234 valence electrons. The number of aromatic amines is 2. The van der Waals surface area contributed by atoms with Crippen molar-refractivity contribution in [3.63, 3.8) is 0 Å². The summed E-state index contributed by atoms with van der Waals surface area (Å²) in [6.45, 7) is 1.52. The number of aromatic nitrogens is 6. The Balaban J connectivity index is 1.18. The van der Waals surface area contributed by atoms with E-state index in [0.717, 1.165) is 39.8 Å². The minimum atomic E-state index is -0.327. The zero-order chi connectivity index (χ0) is 32.3. The highest BCUT2D eigenvalue weighted by atomic mass is 19.1. The van der Waals surface area contributed by atoms with Gasteiger partial charge in [-0.05, 0) is 67.7 Å². The molecule has 7 aromatic rings. The van der Waals surface area contributed by atoms with Gasteiger partial charge in [0.25, 0.3) is 0 Å². The first-order valence-corrected chi connectivity index (χ1v) is 15.2. The standard InChI is InChI=1S/C36H32FN9O/c1-46(2)14-13-39-26-17-23(16-25(37)19-26)28-9-6-10-30-33(28)43-36(42-30)35-34-31(44-45-35)12-11-29(41-34)24-18-27(21-38-20-24)40-32(47)15-22-7-4-3-5-8-22/h3-12,16-21,39H,13-15H2,1-2H3,(H,40,47)(H,42,43)(H,44,45). The molecule has 3 aromatic carbocycles. The molecule has 0 aliphatic heterocycles. The van der Waals surface area contributed by atoms with Crippen molar-refractivity contribution in [2.24, 2.45) is 0 Å². The summed E-state index contributed by atoms with van der Waals surface area (Å²) in [6, 6.07) is 25.9. The van der Waals surface area contributed by atoms with Crippen LogP contribution in [-0.4, -0.2) is 68.1 Å². The number of amides is 1. The molecule has 4 aromatic heterocycles. The molecule has 0 bridgehead atoms. The van der Waals surface area contributed by atoms with Crippen LogP contribution >= 0.6 is 0 Å². The van der Waals surface area contributed by atoms with Gasteiger partial charge in [0, 0.05) is 36.1 Å². The van der Waals surface area contributed by atoms with E-state index >= 15 is 0 Å². The molecule has 47 heavy (non-hydrogen) atoms. The van der Waals surface area contributed by atoms with Crippen LogP contribution in [0.2, 0.25) is 0 Å². The minimum absolute atomic E-state index is 0.130. The number of para-hydroxylation sites is 1. The van der Waals surface area contributed by atoms with Crippen LogP contribution in [0.15, 0.2) is 97.3 Å². The Kier molecular flexibility index (Phi) is 8.11. The van der Waals surface area contributed by atoms with Gasteiger partial charge in [-0.3, -0.25) is 14.9 Å². The fourth-order valence-corrected chi connectivity index (χ4v) is 5.51. The highest BCUT2D eigenvalue weighted by Crippen LogP contribution is 2.33. The fourth-order valence-electron chi connectivity index (χ4n) is 5.51. The molecule has 0 aliphatic rings. The number of halogens is 1. The molecule has 1 amide bonds. The summed E-state index contributed by atoms with van der Waals surface area (Å²) < 4.78 is 14.7. The van der Waals surface area contributed by atoms with Gasteiger partial charge in [-0.15, -0.1) is 0 Å². The maximum absolute atomic E-state index is 14.7. The summed E-state index contributed by atoms with van der Waals surface area (Å²) in [6.07, 6.45) is 3.58. The molecular weight excluding hydrogens is 593 g/mol. The van der Waals surface area contributed by atoms with E-state index in [1.165, 1.54) is 12.1 Å². The van der Waals surface area contributed by atoms with Crippen LogP contribution in [0.3, 0.4) is 0 Å². The quantitative estimate of drug-likeness (QED) is 0.136.